The van der Waals surface area contributed by atoms with Crippen molar-refractivity contribution in [1.29, 1.82) is 0 Å². The molecule has 0 saturated carbocycles. The molecule has 0 bridgehead atoms. The zero-order valence-electron chi connectivity index (χ0n) is 13.5. The van der Waals surface area contributed by atoms with Gasteiger partial charge in [0.05, 0.1) is 0 Å². The van der Waals surface area contributed by atoms with Gasteiger partial charge in [0.15, 0.2) is 0 Å². The highest BCUT2D eigenvalue weighted by molar-refractivity contribution is 7.89. The van der Waals surface area contributed by atoms with E-state index in [4.69, 9.17) is 0 Å². The number of carbonyl (C=O) groups is 1. The number of carboxylic acid groups (broad SMARTS) is 1. The van der Waals surface area contributed by atoms with E-state index in [-0.39, 0.29) is 22.9 Å². The number of hydrogen-bond acceptors (Lipinski definition) is 4. The number of rotatable bonds is 6. The zero-order chi connectivity index (χ0) is 18.0. The van der Waals surface area contributed by atoms with Crippen LogP contribution < -0.4 is 0 Å². The first-order valence-corrected chi connectivity index (χ1v) is 9.99. The maximum Gasteiger partial charge on any atom is 0.347 e. The lowest BCUT2D eigenvalue weighted by molar-refractivity contribution is 0.0698. The van der Waals surface area contributed by atoms with Crippen LogP contribution in [0.3, 0.4) is 0 Å². The molecule has 0 saturated heterocycles. The highest BCUT2D eigenvalue weighted by atomic mass is 32.2. The Hall–Kier alpha value is -2.22. The SMILES string of the molecule is CCN(Cc1ccccc1)S(=O)(=O)c1c(C(=O)O)sc2ccccc12. The van der Waals surface area contributed by atoms with E-state index in [1.54, 1.807) is 31.2 Å². The minimum absolute atomic E-state index is 0.113. The van der Waals surface area contributed by atoms with Crippen LogP contribution >= 0.6 is 11.3 Å². The van der Waals surface area contributed by atoms with Crippen molar-refractivity contribution in [2.75, 3.05) is 6.54 Å². The summed E-state index contributed by atoms with van der Waals surface area (Å²) in [4.78, 5) is 11.4. The summed E-state index contributed by atoms with van der Waals surface area (Å²) < 4.78 is 28.4. The molecular formula is C18H17NO4S2. The van der Waals surface area contributed by atoms with Gasteiger partial charge in [0.1, 0.15) is 9.77 Å². The Morgan fingerprint density at radius 3 is 2.36 bits per heavy atom. The first-order chi connectivity index (χ1) is 11.9. The fourth-order valence-electron chi connectivity index (χ4n) is 2.70. The molecule has 0 amide bonds. The van der Waals surface area contributed by atoms with Gasteiger partial charge >= 0.3 is 5.97 Å². The van der Waals surface area contributed by atoms with Crippen LogP contribution in [0.1, 0.15) is 22.2 Å². The van der Waals surface area contributed by atoms with Gasteiger partial charge in [0.25, 0.3) is 0 Å². The van der Waals surface area contributed by atoms with E-state index in [9.17, 15) is 18.3 Å². The molecule has 1 aromatic heterocycles. The molecule has 7 heteroatoms. The zero-order valence-corrected chi connectivity index (χ0v) is 15.2. The summed E-state index contributed by atoms with van der Waals surface area (Å²) in [6.07, 6.45) is 0. The first kappa shape index (κ1) is 17.6. The Morgan fingerprint density at radius 2 is 1.72 bits per heavy atom. The Morgan fingerprint density at radius 1 is 1.08 bits per heavy atom. The summed E-state index contributed by atoms with van der Waals surface area (Å²) in [5.74, 6) is -1.23. The van der Waals surface area contributed by atoms with Crippen molar-refractivity contribution in [3.63, 3.8) is 0 Å². The van der Waals surface area contributed by atoms with Crippen LogP contribution in [0.15, 0.2) is 59.5 Å². The van der Waals surface area contributed by atoms with Crippen molar-refractivity contribution in [3.8, 4) is 0 Å². The minimum atomic E-state index is -3.95. The molecule has 0 aliphatic rings. The summed E-state index contributed by atoms with van der Waals surface area (Å²) in [5, 5.41) is 9.96. The lowest BCUT2D eigenvalue weighted by Gasteiger charge is -2.21. The number of fused-ring (bicyclic) bond motifs is 1. The van der Waals surface area contributed by atoms with E-state index in [0.29, 0.717) is 10.1 Å². The van der Waals surface area contributed by atoms with Crippen LogP contribution in [0.2, 0.25) is 0 Å². The van der Waals surface area contributed by atoms with Crippen LogP contribution in [-0.4, -0.2) is 30.3 Å². The molecular weight excluding hydrogens is 358 g/mol. The van der Waals surface area contributed by atoms with Gasteiger partial charge in [-0.15, -0.1) is 11.3 Å². The van der Waals surface area contributed by atoms with Gasteiger partial charge in [-0.25, -0.2) is 13.2 Å². The fourth-order valence-corrected chi connectivity index (χ4v) is 5.84. The Kier molecular flexibility index (Phi) is 4.89. The predicted octanol–water partition coefficient (Wildman–Crippen LogP) is 3.81. The minimum Gasteiger partial charge on any atom is -0.477 e. The van der Waals surface area contributed by atoms with Gasteiger partial charge in [-0.2, -0.15) is 4.31 Å². The van der Waals surface area contributed by atoms with E-state index in [1.165, 1.54) is 4.31 Å². The highest BCUT2D eigenvalue weighted by Gasteiger charge is 2.32. The van der Waals surface area contributed by atoms with Crippen LogP contribution in [-0.2, 0) is 16.6 Å². The molecule has 130 valence electrons. The summed E-state index contributed by atoms with van der Waals surface area (Å²) in [7, 11) is -3.95. The Labute approximate surface area is 150 Å². The van der Waals surface area contributed by atoms with Crippen molar-refractivity contribution < 1.29 is 18.3 Å². The maximum absolute atomic E-state index is 13.2. The smallest absolute Gasteiger partial charge is 0.347 e. The normalized spacial score (nSPS) is 11.9. The fraction of sp³-hybridized carbons (Fsp3) is 0.167. The van der Waals surface area contributed by atoms with E-state index in [2.05, 4.69) is 0 Å². The largest absolute Gasteiger partial charge is 0.477 e. The third-order valence-electron chi connectivity index (χ3n) is 3.90. The molecule has 0 aliphatic carbocycles. The quantitative estimate of drug-likeness (QED) is 0.711. The summed E-state index contributed by atoms with van der Waals surface area (Å²) >= 11 is 0.988. The second-order valence-electron chi connectivity index (χ2n) is 5.48. The number of nitrogens with zero attached hydrogens (tertiary/aromatic N) is 1. The molecule has 0 spiro atoms. The average molecular weight is 375 g/mol. The second-order valence-corrected chi connectivity index (χ2v) is 8.41. The number of thiophene rings is 1. The van der Waals surface area contributed by atoms with Crippen LogP contribution in [0.25, 0.3) is 10.1 Å². The predicted molar refractivity (Wildman–Crippen MR) is 98.5 cm³/mol. The maximum atomic E-state index is 13.2. The lowest BCUT2D eigenvalue weighted by Crippen LogP contribution is -2.31. The third-order valence-corrected chi connectivity index (χ3v) is 7.19. The molecule has 5 nitrogen and oxygen atoms in total. The van der Waals surface area contributed by atoms with Crippen LogP contribution in [0.5, 0.6) is 0 Å². The van der Waals surface area contributed by atoms with Gasteiger partial charge in [0.2, 0.25) is 10.0 Å². The molecule has 3 aromatic rings. The van der Waals surface area contributed by atoms with Gasteiger partial charge in [-0.3, -0.25) is 0 Å². The van der Waals surface area contributed by atoms with Crippen molar-refractivity contribution in [3.05, 3.63) is 65.0 Å². The number of benzene rings is 2. The molecule has 3 rings (SSSR count). The standard InChI is InChI=1S/C18H17NO4S2/c1-2-19(12-13-8-4-3-5-9-13)25(22,23)17-14-10-6-7-11-15(14)24-16(17)18(20)21/h3-11H,2,12H2,1H3,(H,20,21). The van der Waals surface area contributed by atoms with Gasteiger partial charge in [-0.1, -0.05) is 55.5 Å². The summed E-state index contributed by atoms with van der Waals surface area (Å²) in [6.45, 7) is 2.19. The lowest BCUT2D eigenvalue weighted by atomic mass is 10.2. The Balaban J connectivity index is 2.14. The molecule has 0 radical (unpaired) electrons. The van der Waals surface area contributed by atoms with Gasteiger partial charge in [-0.05, 0) is 11.6 Å². The Bertz CT molecular complexity index is 1010. The van der Waals surface area contributed by atoms with Crippen molar-refractivity contribution in [2.45, 2.75) is 18.4 Å². The van der Waals surface area contributed by atoms with Crippen molar-refractivity contribution in [2.24, 2.45) is 0 Å². The number of aromatic carboxylic acids is 1. The molecule has 1 heterocycles. The van der Waals surface area contributed by atoms with E-state index in [1.807, 2.05) is 30.3 Å². The van der Waals surface area contributed by atoms with E-state index in [0.717, 1.165) is 16.9 Å². The molecule has 25 heavy (non-hydrogen) atoms. The molecule has 0 fully saturated rings. The van der Waals surface area contributed by atoms with Crippen LogP contribution in [0, 0.1) is 0 Å². The summed E-state index contributed by atoms with van der Waals surface area (Å²) in [6, 6.07) is 16.1. The number of carboxylic acids is 1. The highest BCUT2D eigenvalue weighted by Crippen LogP contribution is 2.36. The van der Waals surface area contributed by atoms with E-state index >= 15 is 0 Å². The summed E-state index contributed by atoms with van der Waals surface area (Å²) in [5.41, 5.74) is 0.851. The monoisotopic (exact) mass is 375 g/mol. The first-order valence-electron chi connectivity index (χ1n) is 7.74. The van der Waals surface area contributed by atoms with Crippen LogP contribution in [0.4, 0.5) is 0 Å². The van der Waals surface area contributed by atoms with Crippen molar-refractivity contribution >= 4 is 37.4 Å². The van der Waals surface area contributed by atoms with Gasteiger partial charge in [0, 0.05) is 23.2 Å². The molecule has 0 atom stereocenters. The third kappa shape index (κ3) is 3.30. The topological polar surface area (TPSA) is 74.7 Å². The molecule has 1 N–H and O–H groups in total. The number of hydrogen-bond donors (Lipinski definition) is 1. The van der Waals surface area contributed by atoms with Gasteiger partial charge < -0.3 is 5.11 Å². The van der Waals surface area contributed by atoms with E-state index < -0.39 is 16.0 Å². The average Bonchev–Trinajstić information content (AvgIpc) is 3.01. The molecule has 2 aromatic carbocycles. The molecule has 0 aliphatic heterocycles. The van der Waals surface area contributed by atoms with Crippen molar-refractivity contribution in [1.82, 2.24) is 4.31 Å². The number of sulfonamides is 1. The molecule has 0 unspecified atom stereocenters. The second kappa shape index (κ2) is 6.95.